The van der Waals surface area contributed by atoms with E-state index in [0.29, 0.717) is 11.4 Å². The fourth-order valence-electron chi connectivity index (χ4n) is 3.24. The molecule has 140 valence electrons. The minimum Gasteiger partial charge on any atom is -0.287 e. The van der Waals surface area contributed by atoms with Crippen LogP contribution in [0.4, 0.5) is 4.39 Å². The van der Waals surface area contributed by atoms with Crippen LogP contribution in [0.25, 0.3) is 33.5 Å². The monoisotopic (exact) mass is 383 g/mol. The molecule has 5 rings (SSSR count). The highest BCUT2D eigenvalue weighted by Gasteiger charge is 2.14. The number of benzene rings is 2. The molecule has 0 atom stereocenters. The average molecular weight is 383 g/mol. The zero-order valence-electron chi connectivity index (χ0n) is 15.1. The number of hydrogen-bond acceptors (Lipinski definition) is 4. The highest BCUT2D eigenvalue weighted by atomic mass is 19.1. The van der Waals surface area contributed by atoms with Crippen LogP contribution in [-0.2, 0) is 0 Å². The topological polar surface area (TPSA) is 65.6 Å². The van der Waals surface area contributed by atoms with Crippen LogP contribution in [0.2, 0.25) is 0 Å². The van der Waals surface area contributed by atoms with Gasteiger partial charge in [-0.3, -0.25) is 9.78 Å². The lowest BCUT2D eigenvalue weighted by molar-refractivity contribution is 0.625. The molecular formula is C22H14FN5O. The molecule has 29 heavy (non-hydrogen) atoms. The number of fused-ring (bicyclic) bond motifs is 1. The maximum Gasteiger partial charge on any atom is 0.209 e. The molecule has 6 nitrogen and oxygen atoms in total. The van der Waals surface area contributed by atoms with E-state index in [9.17, 15) is 9.18 Å². The number of halogens is 1. The van der Waals surface area contributed by atoms with Crippen molar-refractivity contribution in [2.75, 3.05) is 0 Å². The molecule has 0 spiro atoms. The Kier molecular flexibility index (Phi) is 3.98. The van der Waals surface area contributed by atoms with Crippen molar-refractivity contribution in [1.82, 2.24) is 24.5 Å². The maximum absolute atomic E-state index is 13.7. The van der Waals surface area contributed by atoms with Crippen molar-refractivity contribution < 1.29 is 4.39 Å². The van der Waals surface area contributed by atoms with Crippen molar-refractivity contribution in [2.24, 2.45) is 0 Å². The van der Waals surface area contributed by atoms with Gasteiger partial charge in [0.2, 0.25) is 5.43 Å². The Morgan fingerprint density at radius 2 is 1.79 bits per heavy atom. The Hall–Kier alpha value is -4.13. The lowest BCUT2D eigenvalue weighted by Crippen LogP contribution is -2.14. The van der Waals surface area contributed by atoms with Gasteiger partial charge in [0, 0.05) is 30.0 Å². The van der Waals surface area contributed by atoms with Gasteiger partial charge in [-0.1, -0.05) is 12.1 Å². The molecule has 0 aliphatic rings. The van der Waals surface area contributed by atoms with E-state index in [1.165, 1.54) is 22.9 Å². The number of aromatic nitrogens is 5. The fraction of sp³-hybridized carbons (Fsp3) is 0. The van der Waals surface area contributed by atoms with Gasteiger partial charge in [-0.15, -0.1) is 0 Å². The van der Waals surface area contributed by atoms with E-state index in [-0.39, 0.29) is 16.9 Å². The lowest BCUT2D eigenvalue weighted by Gasteiger charge is -2.10. The Balaban J connectivity index is 1.64. The minimum atomic E-state index is -0.381. The van der Waals surface area contributed by atoms with Crippen molar-refractivity contribution in [3.63, 3.8) is 0 Å². The smallest absolute Gasteiger partial charge is 0.209 e. The third kappa shape index (κ3) is 3.08. The summed E-state index contributed by atoms with van der Waals surface area (Å²) in [6.45, 7) is 0. The van der Waals surface area contributed by atoms with Crippen LogP contribution in [-0.4, -0.2) is 24.5 Å². The number of nitrogens with zero attached hydrogens (tertiary/aromatic N) is 5. The fourth-order valence-corrected chi connectivity index (χ4v) is 3.24. The standard InChI is InChI=1S/C22H14FN5O/c23-17-2-1-3-19(13-17)28-20(7-10-25-28)22-21(29)8-11-27(26-22)18-5-4-16-14-24-9-6-15(16)12-18/h1-14H. The van der Waals surface area contributed by atoms with Gasteiger partial charge in [0.05, 0.1) is 23.3 Å². The van der Waals surface area contributed by atoms with Gasteiger partial charge in [-0.2, -0.15) is 10.2 Å². The van der Waals surface area contributed by atoms with Gasteiger partial charge < -0.3 is 0 Å². The van der Waals surface area contributed by atoms with Crippen LogP contribution in [0.1, 0.15) is 0 Å². The molecule has 0 fully saturated rings. The van der Waals surface area contributed by atoms with E-state index in [0.717, 1.165) is 16.5 Å². The molecule has 2 aromatic carbocycles. The summed E-state index contributed by atoms with van der Waals surface area (Å²) in [6, 6.07) is 16.9. The van der Waals surface area contributed by atoms with Gasteiger partial charge in [0.1, 0.15) is 5.82 Å². The molecule has 0 bridgehead atoms. The summed E-state index contributed by atoms with van der Waals surface area (Å²) in [5.41, 5.74) is 1.79. The second-order valence-electron chi connectivity index (χ2n) is 6.49. The summed E-state index contributed by atoms with van der Waals surface area (Å²) in [4.78, 5) is 16.7. The first kappa shape index (κ1) is 17.0. The first-order valence-electron chi connectivity index (χ1n) is 8.93. The maximum atomic E-state index is 13.7. The molecule has 0 N–H and O–H groups in total. The molecule has 0 saturated heterocycles. The van der Waals surface area contributed by atoms with Crippen LogP contribution in [0.5, 0.6) is 0 Å². The normalized spacial score (nSPS) is 11.1. The van der Waals surface area contributed by atoms with Crippen LogP contribution in [0.15, 0.2) is 90.2 Å². The highest BCUT2D eigenvalue weighted by molar-refractivity contribution is 5.83. The Labute approximate surface area is 164 Å². The largest absolute Gasteiger partial charge is 0.287 e. The second kappa shape index (κ2) is 6.79. The summed E-state index contributed by atoms with van der Waals surface area (Å²) in [5.74, 6) is -0.381. The predicted octanol–water partition coefficient (Wildman–Crippen LogP) is 3.77. The third-order valence-corrected chi connectivity index (χ3v) is 4.64. The first-order valence-corrected chi connectivity index (χ1v) is 8.93. The quantitative estimate of drug-likeness (QED) is 0.476. The Morgan fingerprint density at radius 1 is 0.862 bits per heavy atom. The van der Waals surface area contributed by atoms with Crippen LogP contribution in [0.3, 0.4) is 0 Å². The van der Waals surface area contributed by atoms with E-state index in [2.05, 4.69) is 15.2 Å². The molecule has 7 heteroatoms. The molecule has 0 unspecified atom stereocenters. The first-order chi connectivity index (χ1) is 14.2. The summed E-state index contributed by atoms with van der Waals surface area (Å²) in [5, 5.41) is 10.8. The van der Waals surface area contributed by atoms with Crippen molar-refractivity contribution in [3.05, 3.63) is 101 Å². The van der Waals surface area contributed by atoms with Crippen molar-refractivity contribution in [2.45, 2.75) is 0 Å². The summed E-state index contributed by atoms with van der Waals surface area (Å²) in [6.07, 6.45) is 6.70. The van der Waals surface area contributed by atoms with Crippen molar-refractivity contribution in [1.29, 1.82) is 0 Å². The number of rotatable bonds is 3. The molecule has 0 amide bonds. The highest BCUT2D eigenvalue weighted by Crippen LogP contribution is 2.20. The predicted molar refractivity (Wildman–Crippen MR) is 108 cm³/mol. The van der Waals surface area contributed by atoms with Gasteiger partial charge in [0.25, 0.3) is 0 Å². The van der Waals surface area contributed by atoms with Gasteiger partial charge >= 0.3 is 0 Å². The number of hydrogen-bond donors (Lipinski definition) is 0. The van der Waals surface area contributed by atoms with E-state index in [4.69, 9.17) is 0 Å². The molecule has 3 heterocycles. The van der Waals surface area contributed by atoms with Crippen LogP contribution in [0, 0.1) is 5.82 Å². The van der Waals surface area contributed by atoms with Crippen molar-refractivity contribution >= 4 is 10.8 Å². The number of pyridine rings is 1. The molecule has 3 aromatic heterocycles. The summed E-state index contributed by atoms with van der Waals surface area (Å²) >= 11 is 0. The van der Waals surface area contributed by atoms with E-state index < -0.39 is 0 Å². The Bertz CT molecular complexity index is 1410. The minimum absolute atomic E-state index is 0.226. The van der Waals surface area contributed by atoms with Crippen LogP contribution >= 0.6 is 0 Å². The zero-order valence-corrected chi connectivity index (χ0v) is 15.1. The molecule has 0 saturated carbocycles. The third-order valence-electron chi connectivity index (χ3n) is 4.64. The van der Waals surface area contributed by atoms with E-state index in [1.54, 1.807) is 47.7 Å². The van der Waals surface area contributed by atoms with Gasteiger partial charge in [0.15, 0.2) is 5.69 Å². The van der Waals surface area contributed by atoms with Gasteiger partial charge in [-0.05, 0) is 47.9 Å². The molecular weight excluding hydrogens is 369 g/mol. The summed E-state index contributed by atoms with van der Waals surface area (Å²) < 4.78 is 16.8. The van der Waals surface area contributed by atoms with Crippen LogP contribution < -0.4 is 5.43 Å². The molecule has 0 radical (unpaired) electrons. The summed E-state index contributed by atoms with van der Waals surface area (Å²) in [7, 11) is 0. The lowest BCUT2D eigenvalue weighted by atomic mass is 10.1. The second-order valence-corrected chi connectivity index (χ2v) is 6.49. The Morgan fingerprint density at radius 3 is 2.69 bits per heavy atom. The molecule has 5 aromatic rings. The van der Waals surface area contributed by atoms with Gasteiger partial charge in [-0.25, -0.2) is 13.8 Å². The average Bonchev–Trinajstić information content (AvgIpc) is 3.23. The SMILES string of the molecule is O=c1ccn(-c2ccc3cnccc3c2)nc1-c1ccnn1-c1cccc(F)c1. The molecule has 0 aliphatic heterocycles. The molecule has 0 aliphatic carbocycles. The van der Waals surface area contributed by atoms with E-state index >= 15 is 0 Å². The van der Waals surface area contributed by atoms with E-state index in [1.807, 2.05) is 24.3 Å². The van der Waals surface area contributed by atoms with Crippen molar-refractivity contribution in [3.8, 4) is 22.8 Å². The zero-order chi connectivity index (χ0) is 19.8.